The minimum atomic E-state index is -1.39. The van der Waals surface area contributed by atoms with Gasteiger partial charge in [-0.25, -0.2) is 4.79 Å². The molecule has 0 bridgehead atoms. The molecule has 0 aliphatic heterocycles. The maximum absolute atomic E-state index is 11.9. The van der Waals surface area contributed by atoms with Crippen molar-refractivity contribution in [2.45, 2.75) is 57.4 Å². The van der Waals surface area contributed by atoms with E-state index in [0.29, 0.717) is 6.54 Å². The average molecular weight is 357 g/mol. The van der Waals surface area contributed by atoms with Crippen molar-refractivity contribution in [3.05, 3.63) is 35.4 Å². The molecular weight excluding hydrogens is 331 g/mol. The van der Waals surface area contributed by atoms with Gasteiger partial charge in [-0.15, -0.1) is 0 Å². The van der Waals surface area contributed by atoms with Crippen LogP contribution in [0.4, 0.5) is 4.79 Å². The number of hydrogen-bond acceptors (Lipinski definition) is 3. The normalized spacial score (nSPS) is 18.8. The molecule has 1 aromatic rings. The third kappa shape index (κ3) is 5.05. The average Bonchev–Trinajstić information content (AvgIpc) is 2.46. The first-order chi connectivity index (χ1) is 10.6. The summed E-state index contributed by atoms with van der Waals surface area (Å²) in [5.41, 5.74) is 1.35. The van der Waals surface area contributed by atoms with Crippen molar-refractivity contribution in [2.24, 2.45) is 0 Å². The Morgan fingerprint density at radius 2 is 1.92 bits per heavy atom. The zero-order valence-corrected chi connectivity index (χ0v) is 18.4. The molecule has 0 saturated heterocycles. The molecule has 1 unspecified atom stereocenters. The topological polar surface area (TPSA) is 81.3 Å². The fourth-order valence-corrected chi connectivity index (χ4v) is 3.10. The smallest absolute Gasteiger partial charge is 0.548 e. The Hall–Kier alpha value is -0.404. The predicted molar refractivity (Wildman–Crippen MR) is 87.1 cm³/mol. The number of carbonyl (C=O) groups is 2. The van der Waals surface area contributed by atoms with Crippen LogP contribution in [0.5, 0.6) is 0 Å². The third-order valence-corrected chi connectivity index (χ3v) is 4.69. The van der Waals surface area contributed by atoms with Crippen LogP contribution in [0.3, 0.4) is 0 Å². The Bertz CT molecular complexity index is 614. The summed E-state index contributed by atoms with van der Waals surface area (Å²) < 4.78 is 0. The van der Waals surface area contributed by atoms with Gasteiger partial charge in [-0.05, 0) is 43.2 Å². The first-order valence-corrected chi connectivity index (χ1v) is 8.00. The van der Waals surface area contributed by atoms with Gasteiger partial charge >= 0.3 is 57.4 Å². The molecule has 1 atom stereocenters. The Labute approximate surface area is 186 Å². The largest absolute Gasteiger partial charge is 1.00 e. The molecule has 2 N–H and O–H groups in total. The van der Waals surface area contributed by atoms with E-state index in [9.17, 15) is 14.7 Å². The molecule has 1 aromatic carbocycles. The minimum absolute atomic E-state index is 0. The number of carboxylic acids is 1. The zero-order chi connectivity index (χ0) is 17.3. The van der Waals surface area contributed by atoms with Crippen LogP contribution >= 0.6 is 0 Å². The van der Waals surface area contributed by atoms with E-state index in [-0.39, 0.29) is 62.7 Å². The van der Waals surface area contributed by atoms with E-state index in [2.05, 4.69) is 36.6 Å². The summed E-state index contributed by atoms with van der Waals surface area (Å²) in [6, 6.07) is 7.85. The molecule has 0 spiro atoms. The van der Waals surface area contributed by atoms with Crippen molar-refractivity contribution >= 4 is 12.0 Å². The van der Waals surface area contributed by atoms with Crippen molar-refractivity contribution in [3.8, 4) is 0 Å². The van der Waals surface area contributed by atoms with Gasteiger partial charge in [0.15, 0.2) is 0 Å². The molecule has 0 heterocycles. The Morgan fingerprint density at radius 3 is 2.54 bits per heavy atom. The second kappa shape index (κ2) is 8.32. The minimum Gasteiger partial charge on any atom is -0.548 e. The summed E-state index contributed by atoms with van der Waals surface area (Å²) in [6.07, 6.45) is 2.05. The first-order valence-electron chi connectivity index (χ1n) is 8.00. The Morgan fingerprint density at radius 1 is 1.29 bits per heavy atom. The number of amides is 2. The van der Waals surface area contributed by atoms with E-state index in [0.717, 1.165) is 12.8 Å². The van der Waals surface area contributed by atoms with Crippen LogP contribution in [0.15, 0.2) is 24.3 Å². The van der Waals surface area contributed by atoms with Crippen LogP contribution in [-0.4, -0.2) is 24.1 Å². The number of fused-ring (bicyclic) bond motifs is 1. The predicted octanol–water partition coefficient (Wildman–Crippen LogP) is -1.33. The standard InChI is InChI=1S/C18H26N2O3.K/c1-17(2)10-9-12(13-7-5-6-8-14(13)17)11-19-16(23)20-18(3,4)15(21)22;/h5-8,12H,9-11H2,1-4H3,(H,21,22)(H2,19,20,23);/q;+1/p-1. The molecule has 0 aromatic heterocycles. The summed E-state index contributed by atoms with van der Waals surface area (Å²) in [6.45, 7) is 7.78. The molecule has 5 nitrogen and oxygen atoms in total. The number of rotatable bonds is 4. The maximum Gasteiger partial charge on any atom is 1.00 e. The maximum atomic E-state index is 11.9. The zero-order valence-electron chi connectivity index (χ0n) is 15.2. The Balaban J connectivity index is 0.00000288. The van der Waals surface area contributed by atoms with Crippen LogP contribution < -0.4 is 67.1 Å². The van der Waals surface area contributed by atoms with Crippen molar-refractivity contribution < 1.29 is 66.1 Å². The van der Waals surface area contributed by atoms with Gasteiger partial charge in [0, 0.05) is 12.5 Å². The summed E-state index contributed by atoms with van der Waals surface area (Å²) in [7, 11) is 0. The van der Waals surface area contributed by atoms with Gasteiger partial charge in [0.2, 0.25) is 0 Å². The van der Waals surface area contributed by atoms with E-state index in [4.69, 9.17) is 0 Å². The van der Waals surface area contributed by atoms with Crippen LogP contribution in [0, 0.1) is 0 Å². The number of urea groups is 1. The van der Waals surface area contributed by atoms with Crippen molar-refractivity contribution in [2.75, 3.05) is 6.54 Å². The van der Waals surface area contributed by atoms with Gasteiger partial charge in [-0.3, -0.25) is 0 Å². The van der Waals surface area contributed by atoms with E-state index in [1.807, 2.05) is 12.1 Å². The van der Waals surface area contributed by atoms with Gasteiger partial charge < -0.3 is 20.5 Å². The fraction of sp³-hybridized carbons (Fsp3) is 0.556. The van der Waals surface area contributed by atoms with Crippen molar-refractivity contribution in [3.63, 3.8) is 0 Å². The molecule has 1 aliphatic carbocycles. The van der Waals surface area contributed by atoms with Gasteiger partial charge in [0.1, 0.15) is 0 Å². The molecule has 0 radical (unpaired) electrons. The SMILES string of the molecule is CC(C)(NC(=O)NCC1CCC(C)(C)c2ccccc21)C(=O)[O-].[K+]. The molecule has 0 fully saturated rings. The van der Waals surface area contributed by atoms with Gasteiger partial charge in [-0.2, -0.15) is 0 Å². The van der Waals surface area contributed by atoms with Gasteiger partial charge in [0.25, 0.3) is 0 Å². The van der Waals surface area contributed by atoms with Crippen LogP contribution in [0.2, 0.25) is 0 Å². The number of nitrogens with one attached hydrogen (secondary N) is 2. The van der Waals surface area contributed by atoms with E-state index in [1.54, 1.807) is 0 Å². The Kier molecular flexibility index (Phi) is 7.50. The quantitative estimate of drug-likeness (QED) is 0.656. The van der Waals surface area contributed by atoms with E-state index < -0.39 is 17.5 Å². The number of carboxylic acid groups (broad SMARTS) is 1. The van der Waals surface area contributed by atoms with Crippen LogP contribution in [0.1, 0.15) is 57.6 Å². The van der Waals surface area contributed by atoms with Crippen molar-refractivity contribution in [1.82, 2.24) is 10.6 Å². The summed E-state index contributed by atoms with van der Waals surface area (Å²) in [5, 5.41) is 16.2. The second-order valence-electron chi connectivity index (χ2n) is 7.45. The number of carbonyl (C=O) groups excluding carboxylic acids is 2. The molecule has 2 rings (SSSR count). The summed E-state index contributed by atoms with van der Waals surface area (Å²) in [5.74, 6) is -1.06. The first kappa shape index (κ1) is 21.6. The molecule has 126 valence electrons. The molecule has 2 amide bonds. The summed E-state index contributed by atoms with van der Waals surface area (Å²) in [4.78, 5) is 22.9. The van der Waals surface area contributed by atoms with E-state index in [1.165, 1.54) is 25.0 Å². The van der Waals surface area contributed by atoms with E-state index >= 15 is 0 Å². The fourth-order valence-electron chi connectivity index (χ4n) is 3.10. The monoisotopic (exact) mass is 356 g/mol. The van der Waals surface area contributed by atoms with Crippen LogP contribution in [0.25, 0.3) is 0 Å². The molecule has 6 heteroatoms. The number of aliphatic carboxylic acids is 1. The van der Waals surface area contributed by atoms with Gasteiger partial charge in [0.05, 0.1) is 11.5 Å². The molecule has 0 saturated carbocycles. The third-order valence-electron chi connectivity index (χ3n) is 4.69. The summed E-state index contributed by atoms with van der Waals surface area (Å²) >= 11 is 0. The number of benzene rings is 1. The van der Waals surface area contributed by atoms with Gasteiger partial charge in [-0.1, -0.05) is 38.1 Å². The second-order valence-corrected chi connectivity index (χ2v) is 7.45. The van der Waals surface area contributed by atoms with Crippen molar-refractivity contribution in [1.29, 1.82) is 0 Å². The number of hydrogen-bond donors (Lipinski definition) is 2. The molecule has 1 aliphatic rings. The molecule has 24 heavy (non-hydrogen) atoms. The van der Waals surface area contributed by atoms with Crippen LogP contribution in [-0.2, 0) is 10.2 Å². The molecular formula is C18H25KN2O3.